The third-order valence-corrected chi connectivity index (χ3v) is 3.59. The Morgan fingerprint density at radius 2 is 1.95 bits per heavy atom. The van der Waals surface area contributed by atoms with Gasteiger partial charge in [-0.15, -0.1) is 0 Å². The maximum atomic E-state index is 6.24. The second kappa shape index (κ2) is 5.88. The van der Waals surface area contributed by atoms with Crippen LogP contribution in [-0.4, -0.2) is 17.0 Å². The predicted octanol–water partition coefficient (Wildman–Crippen LogP) is 4.72. The summed E-state index contributed by atoms with van der Waals surface area (Å²) in [4.78, 5) is 9.08. The molecule has 2 rings (SSSR count). The van der Waals surface area contributed by atoms with Crippen LogP contribution in [0.2, 0.25) is 5.02 Å². The van der Waals surface area contributed by atoms with Gasteiger partial charge in [-0.05, 0) is 24.1 Å². The van der Waals surface area contributed by atoms with Crippen molar-refractivity contribution < 1.29 is 0 Å². The fourth-order valence-electron chi connectivity index (χ4n) is 1.68. The molecule has 100 valence electrons. The van der Waals surface area contributed by atoms with Gasteiger partial charge in [0.1, 0.15) is 5.82 Å². The topological polar surface area (TPSA) is 37.8 Å². The van der Waals surface area contributed by atoms with E-state index in [2.05, 4.69) is 45.1 Å². The Hall–Kier alpha value is -1.13. The van der Waals surface area contributed by atoms with Crippen LogP contribution in [-0.2, 0) is 0 Å². The molecule has 0 bridgehead atoms. The molecule has 0 atom stereocenters. The molecule has 1 aromatic carbocycles. The minimum absolute atomic E-state index is 0.333. The number of halogens is 2. The molecule has 2 aromatic rings. The lowest BCUT2D eigenvalue weighted by Crippen LogP contribution is -2.02. The van der Waals surface area contributed by atoms with Gasteiger partial charge in [0.15, 0.2) is 5.82 Å². The largest absolute Gasteiger partial charge is 0.373 e. The van der Waals surface area contributed by atoms with Crippen LogP contribution < -0.4 is 5.32 Å². The van der Waals surface area contributed by atoms with Crippen LogP contribution in [0.1, 0.15) is 25.5 Å². The number of rotatable bonds is 3. The lowest BCUT2D eigenvalue weighted by Gasteiger charge is -2.11. The Bertz CT molecular complexity index is 599. The average molecular weight is 341 g/mol. The standard InChI is InChI=1S/C14H15BrClN3/c1-8(2)12-7-13(17-3)19-14(18-12)10-6-9(15)4-5-11(10)16/h4-8H,1-3H3,(H,17,18,19). The zero-order chi connectivity index (χ0) is 14.0. The van der Waals surface area contributed by atoms with Crippen LogP contribution in [0.15, 0.2) is 28.7 Å². The molecule has 0 saturated carbocycles. The summed E-state index contributed by atoms with van der Waals surface area (Å²) < 4.78 is 0.955. The maximum Gasteiger partial charge on any atom is 0.163 e. The molecule has 0 amide bonds. The van der Waals surface area contributed by atoms with Crippen LogP contribution in [0.3, 0.4) is 0 Å². The fourth-order valence-corrected chi connectivity index (χ4v) is 2.24. The van der Waals surface area contributed by atoms with Crippen molar-refractivity contribution in [2.75, 3.05) is 12.4 Å². The van der Waals surface area contributed by atoms with Gasteiger partial charge in [0, 0.05) is 28.8 Å². The third kappa shape index (κ3) is 3.25. The molecule has 0 radical (unpaired) electrons. The molecule has 0 aliphatic rings. The van der Waals surface area contributed by atoms with Crippen molar-refractivity contribution in [2.45, 2.75) is 19.8 Å². The zero-order valence-electron chi connectivity index (χ0n) is 11.0. The Kier molecular flexibility index (Phi) is 4.42. The highest BCUT2D eigenvalue weighted by Crippen LogP contribution is 2.30. The molecule has 5 heteroatoms. The van der Waals surface area contributed by atoms with Crippen LogP contribution in [0, 0.1) is 0 Å². The van der Waals surface area contributed by atoms with Gasteiger partial charge in [-0.2, -0.15) is 0 Å². The molecule has 0 aliphatic carbocycles. The second-order valence-corrected chi connectivity index (χ2v) is 5.85. The van der Waals surface area contributed by atoms with E-state index < -0.39 is 0 Å². The van der Waals surface area contributed by atoms with Gasteiger partial charge in [0.05, 0.1) is 5.02 Å². The van der Waals surface area contributed by atoms with Gasteiger partial charge in [-0.1, -0.05) is 41.4 Å². The molecule has 0 aliphatic heterocycles. The molecule has 1 heterocycles. The minimum atomic E-state index is 0.333. The smallest absolute Gasteiger partial charge is 0.163 e. The summed E-state index contributed by atoms with van der Waals surface area (Å²) in [5.41, 5.74) is 1.82. The molecule has 0 unspecified atom stereocenters. The predicted molar refractivity (Wildman–Crippen MR) is 83.8 cm³/mol. The molecular formula is C14H15BrClN3. The number of nitrogens with one attached hydrogen (secondary N) is 1. The van der Waals surface area contributed by atoms with E-state index in [1.54, 1.807) is 0 Å². The Morgan fingerprint density at radius 3 is 2.58 bits per heavy atom. The Balaban J connectivity index is 2.60. The van der Waals surface area contributed by atoms with Crippen molar-refractivity contribution in [2.24, 2.45) is 0 Å². The van der Waals surface area contributed by atoms with Gasteiger partial charge in [0.2, 0.25) is 0 Å². The lowest BCUT2D eigenvalue weighted by molar-refractivity contribution is 0.817. The molecule has 1 N–H and O–H groups in total. The van der Waals surface area contributed by atoms with E-state index >= 15 is 0 Å². The van der Waals surface area contributed by atoms with Crippen molar-refractivity contribution >= 4 is 33.3 Å². The molecule has 0 saturated heterocycles. The summed E-state index contributed by atoms with van der Waals surface area (Å²) in [5, 5.41) is 3.71. The van der Waals surface area contributed by atoms with Crippen LogP contribution in [0.5, 0.6) is 0 Å². The fraction of sp³-hybridized carbons (Fsp3) is 0.286. The molecule has 1 aromatic heterocycles. The first kappa shape index (κ1) is 14.3. The summed E-state index contributed by atoms with van der Waals surface area (Å²) in [5.74, 6) is 1.77. The van der Waals surface area contributed by atoms with Gasteiger partial charge >= 0.3 is 0 Å². The van der Waals surface area contributed by atoms with E-state index in [-0.39, 0.29) is 0 Å². The van der Waals surface area contributed by atoms with Crippen molar-refractivity contribution in [3.8, 4) is 11.4 Å². The van der Waals surface area contributed by atoms with Gasteiger partial charge < -0.3 is 5.32 Å². The molecule has 0 fully saturated rings. The second-order valence-electron chi connectivity index (χ2n) is 4.53. The summed E-state index contributed by atoms with van der Waals surface area (Å²) in [7, 11) is 1.85. The molecule has 3 nitrogen and oxygen atoms in total. The van der Waals surface area contributed by atoms with Crippen molar-refractivity contribution in [3.63, 3.8) is 0 Å². The average Bonchev–Trinajstić information content (AvgIpc) is 2.40. The Labute approximate surface area is 126 Å². The number of hydrogen-bond donors (Lipinski definition) is 1. The number of anilines is 1. The lowest BCUT2D eigenvalue weighted by atomic mass is 10.1. The van der Waals surface area contributed by atoms with Crippen LogP contribution in [0.4, 0.5) is 5.82 Å². The number of nitrogens with zero attached hydrogens (tertiary/aromatic N) is 2. The Morgan fingerprint density at radius 1 is 1.21 bits per heavy atom. The summed E-state index contributed by atoms with van der Waals surface area (Å²) in [6.07, 6.45) is 0. The van der Waals surface area contributed by atoms with Crippen molar-refractivity contribution in [1.29, 1.82) is 0 Å². The summed E-state index contributed by atoms with van der Waals surface area (Å²) >= 11 is 9.68. The first-order chi connectivity index (χ1) is 9.01. The first-order valence-corrected chi connectivity index (χ1v) is 7.20. The van der Waals surface area contributed by atoms with Gasteiger partial charge in [-0.3, -0.25) is 0 Å². The van der Waals surface area contributed by atoms with E-state index in [1.807, 2.05) is 31.3 Å². The van der Waals surface area contributed by atoms with E-state index in [0.717, 1.165) is 21.5 Å². The van der Waals surface area contributed by atoms with Gasteiger partial charge in [-0.25, -0.2) is 9.97 Å². The molecule has 0 spiro atoms. The quantitative estimate of drug-likeness (QED) is 0.878. The highest BCUT2D eigenvalue weighted by molar-refractivity contribution is 9.10. The van der Waals surface area contributed by atoms with E-state index in [9.17, 15) is 0 Å². The number of aromatic nitrogens is 2. The summed E-state index contributed by atoms with van der Waals surface area (Å²) in [6, 6.07) is 7.63. The van der Waals surface area contributed by atoms with Crippen molar-refractivity contribution in [3.05, 3.63) is 39.5 Å². The number of hydrogen-bond acceptors (Lipinski definition) is 3. The number of benzene rings is 1. The highest BCUT2D eigenvalue weighted by Gasteiger charge is 2.12. The molecule has 19 heavy (non-hydrogen) atoms. The SMILES string of the molecule is CNc1cc(C(C)C)nc(-c2cc(Br)ccc2Cl)n1. The monoisotopic (exact) mass is 339 g/mol. The van der Waals surface area contributed by atoms with E-state index in [4.69, 9.17) is 11.6 Å². The first-order valence-electron chi connectivity index (χ1n) is 6.03. The minimum Gasteiger partial charge on any atom is -0.373 e. The third-order valence-electron chi connectivity index (χ3n) is 2.76. The van der Waals surface area contributed by atoms with Crippen LogP contribution in [0.25, 0.3) is 11.4 Å². The van der Waals surface area contributed by atoms with Crippen LogP contribution >= 0.6 is 27.5 Å². The van der Waals surface area contributed by atoms with E-state index in [0.29, 0.717) is 16.8 Å². The highest BCUT2D eigenvalue weighted by atomic mass is 79.9. The molecular weight excluding hydrogens is 326 g/mol. The summed E-state index contributed by atoms with van der Waals surface area (Å²) in [6.45, 7) is 4.21. The zero-order valence-corrected chi connectivity index (χ0v) is 13.4. The van der Waals surface area contributed by atoms with Gasteiger partial charge in [0.25, 0.3) is 0 Å². The van der Waals surface area contributed by atoms with Crippen molar-refractivity contribution in [1.82, 2.24) is 9.97 Å². The maximum absolute atomic E-state index is 6.24. The van der Waals surface area contributed by atoms with E-state index in [1.165, 1.54) is 0 Å². The normalized spacial score (nSPS) is 10.8.